The van der Waals surface area contributed by atoms with Crippen LogP contribution < -0.4 is 10.6 Å². The third-order valence-electron chi connectivity index (χ3n) is 5.53. The molecule has 2 atom stereocenters. The molecule has 1 heterocycles. The lowest BCUT2D eigenvalue weighted by Gasteiger charge is -2.27. The molecule has 27 heavy (non-hydrogen) atoms. The summed E-state index contributed by atoms with van der Waals surface area (Å²) in [6.07, 6.45) is 5.95. The smallest absolute Gasteiger partial charge is 0.230 e. The molecule has 1 aliphatic heterocycles. The van der Waals surface area contributed by atoms with Crippen LogP contribution >= 0.6 is 0 Å². The third-order valence-corrected chi connectivity index (χ3v) is 7.27. The summed E-state index contributed by atoms with van der Waals surface area (Å²) in [5, 5.41) is 5.62. The topological polar surface area (TPSA) is 92.3 Å². The number of hydrogen-bond acceptors (Lipinski definition) is 4. The Morgan fingerprint density at radius 3 is 2.37 bits per heavy atom. The van der Waals surface area contributed by atoms with Crippen LogP contribution in [0.25, 0.3) is 0 Å². The van der Waals surface area contributed by atoms with Crippen LogP contribution in [0.15, 0.2) is 24.3 Å². The molecule has 2 aliphatic rings. The van der Waals surface area contributed by atoms with Crippen molar-refractivity contribution in [2.45, 2.75) is 51.5 Å². The second kappa shape index (κ2) is 8.42. The molecular weight excluding hydrogens is 364 g/mol. The van der Waals surface area contributed by atoms with Crippen molar-refractivity contribution in [2.75, 3.05) is 16.8 Å². The first kappa shape index (κ1) is 19.9. The Labute approximate surface area is 161 Å². The van der Waals surface area contributed by atoms with E-state index in [1.165, 1.54) is 5.56 Å². The highest BCUT2D eigenvalue weighted by molar-refractivity contribution is 7.91. The number of anilines is 1. The molecule has 0 unspecified atom stereocenters. The minimum absolute atomic E-state index is 0.0346. The summed E-state index contributed by atoms with van der Waals surface area (Å²) in [6.45, 7) is 2.14. The highest BCUT2D eigenvalue weighted by Gasteiger charge is 2.43. The maximum Gasteiger partial charge on any atom is 0.230 e. The first-order valence-electron chi connectivity index (χ1n) is 9.78. The van der Waals surface area contributed by atoms with Gasteiger partial charge in [-0.3, -0.25) is 9.59 Å². The number of unbranched alkanes of at least 4 members (excludes halogenated alkanes) is 1. The Morgan fingerprint density at radius 1 is 1.07 bits per heavy atom. The van der Waals surface area contributed by atoms with Gasteiger partial charge in [-0.15, -0.1) is 0 Å². The molecule has 148 valence electrons. The molecule has 0 radical (unpaired) electrons. The van der Waals surface area contributed by atoms with E-state index >= 15 is 0 Å². The number of hydrogen-bond donors (Lipinski definition) is 2. The highest BCUT2D eigenvalue weighted by atomic mass is 32.2. The monoisotopic (exact) mass is 392 g/mol. The summed E-state index contributed by atoms with van der Waals surface area (Å²) in [7, 11) is -3.33. The van der Waals surface area contributed by atoms with Gasteiger partial charge in [-0.2, -0.15) is 0 Å². The molecule has 2 N–H and O–H groups in total. The van der Waals surface area contributed by atoms with E-state index in [2.05, 4.69) is 17.6 Å². The summed E-state index contributed by atoms with van der Waals surface area (Å²) < 4.78 is 24.1. The van der Waals surface area contributed by atoms with E-state index in [1.54, 1.807) is 0 Å². The van der Waals surface area contributed by atoms with Crippen LogP contribution in [-0.4, -0.2) is 37.8 Å². The van der Waals surface area contributed by atoms with Gasteiger partial charge in [0.2, 0.25) is 11.8 Å². The lowest BCUT2D eigenvalue weighted by Crippen LogP contribution is -2.47. The maximum atomic E-state index is 12.7. The molecule has 0 spiro atoms. The number of rotatable bonds is 7. The van der Waals surface area contributed by atoms with Crippen molar-refractivity contribution < 1.29 is 18.0 Å². The first-order valence-corrected chi connectivity index (χ1v) is 11.6. The van der Waals surface area contributed by atoms with Crippen molar-refractivity contribution in [3.8, 4) is 0 Å². The van der Waals surface area contributed by atoms with Gasteiger partial charge in [-0.05, 0) is 43.4 Å². The molecule has 7 heteroatoms. The molecule has 1 aromatic rings. The van der Waals surface area contributed by atoms with E-state index in [0.29, 0.717) is 5.69 Å². The molecule has 2 fully saturated rings. The summed E-state index contributed by atoms with van der Waals surface area (Å²) >= 11 is 0. The van der Waals surface area contributed by atoms with E-state index in [9.17, 15) is 18.0 Å². The van der Waals surface area contributed by atoms with Gasteiger partial charge in [0.1, 0.15) is 0 Å². The molecule has 1 saturated carbocycles. The van der Waals surface area contributed by atoms with Crippen LogP contribution in [0, 0.1) is 11.8 Å². The third kappa shape index (κ3) is 5.09. The quantitative estimate of drug-likeness (QED) is 0.745. The average Bonchev–Trinajstić information content (AvgIpc) is 2.87. The van der Waals surface area contributed by atoms with Gasteiger partial charge in [-0.25, -0.2) is 8.42 Å². The van der Waals surface area contributed by atoms with Crippen molar-refractivity contribution in [1.82, 2.24) is 5.32 Å². The minimum Gasteiger partial charge on any atom is -0.351 e. The molecule has 3 rings (SSSR count). The SMILES string of the molecule is CCCCc1ccc(NC(=O)[C@@H]2CS(=O)(=O)C[C@H]2NC(=O)C2CCC2)cc1. The van der Waals surface area contributed by atoms with Crippen molar-refractivity contribution in [1.29, 1.82) is 0 Å². The van der Waals surface area contributed by atoms with E-state index in [1.807, 2.05) is 24.3 Å². The van der Waals surface area contributed by atoms with Crippen LogP contribution in [0.3, 0.4) is 0 Å². The molecular formula is C20H28N2O4S. The predicted molar refractivity (Wildman–Crippen MR) is 105 cm³/mol. The maximum absolute atomic E-state index is 12.7. The van der Waals surface area contributed by atoms with E-state index in [4.69, 9.17) is 0 Å². The number of aryl methyl sites for hydroxylation is 1. The molecule has 0 bridgehead atoms. The molecule has 1 saturated heterocycles. The zero-order valence-corrected chi connectivity index (χ0v) is 16.6. The normalized spacial score (nSPS) is 24.2. The number of benzene rings is 1. The van der Waals surface area contributed by atoms with Crippen molar-refractivity contribution in [3.05, 3.63) is 29.8 Å². The van der Waals surface area contributed by atoms with Crippen molar-refractivity contribution in [3.63, 3.8) is 0 Å². The van der Waals surface area contributed by atoms with Crippen molar-refractivity contribution in [2.24, 2.45) is 11.8 Å². The van der Waals surface area contributed by atoms with Gasteiger partial charge in [0.25, 0.3) is 0 Å². The second-order valence-electron chi connectivity index (χ2n) is 7.72. The van der Waals surface area contributed by atoms with Crippen LogP contribution in [0.1, 0.15) is 44.6 Å². The van der Waals surface area contributed by atoms with Crippen LogP contribution in [-0.2, 0) is 25.8 Å². The van der Waals surface area contributed by atoms with Gasteiger partial charge in [-0.1, -0.05) is 31.9 Å². The number of sulfone groups is 1. The predicted octanol–water partition coefficient (Wildman–Crippen LogP) is 2.30. The molecule has 6 nitrogen and oxygen atoms in total. The van der Waals surface area contributed by atoms with Crippen LogP contribution in [0.4, 0.5) is 5.69 Å². The lowest BCUT2D eigenvalue weighted by atomic mass is 9.84. The molecule has 0 aromatic heterocycles. The van der Waals surface area contributed by atoms with E-state index in [-0.39, 0.29) is 29.2 Å². The largest absolute Gasteiger partial charge is 0.351 e. The van der Waals surface area contributed by atoms with Gasteiger partial charge in [0, 0.05) is 11.6 Å². The number of nitrogens with one attached hydrogen (secondary N) is 2. The number of carbonyl (C=O) groups is 2. The molecule has 1 aliphatic carbocycles. The molecule has 1 aromatic carbocycles. The second-order valence-corrected chi connectivity index (χ2v) is 9.87. The zero-order chi connectivity index (χ0) is 19.4. The fourth-order valence-corrected chi connectivity index (χ4v) is 5.52. The Bertz CT molecular complexity index is 785. The van der Waals surface area contributed by atoms with Gasteiger partial charge >= 0.3 is 0 Å². The standard InChI is InChI=1S/C20H28N2O4S/c1-2-3-5-14-8-10-16(11-9-14)21-20(24)17-12-27(25,26)13-18(17)22-19(23)15-6-4-7-15/h8-11,15,17-18H,2-7,12-13H2,1H3,(H,21,24)(H,22,23)/t17-,18-/m1/s1. The number of carbonyl (C=O) groups excluding carboxylic acids is 2. The molecule has 2 amide bonds. The average molecular weight is 393 g/mol. The minimum atomic E-state index is -3.33. The Balaban J connectivity index is 1.63. The van der Waals surface area contributed by atoms with Gasteiger partial charge in [0.05, 0.1) is 23.5 Å². The van der Waals surface area contributed by atoms with E-state index < -0.39 is 21.8 Å². The summed E-state index contributed by atoms with van der Waals surface area (Å²) in [6, 6.07) is 6.99. The van der Waals surface area contributed by atoms with Gasteiger partial charge < -0.3 is 10.6 Å². The fraction of sp³-hybridized carbons (Fsp3) is 0.600. The summed E-state index contributed by atoms with van der Waals surface area (Å²) in [4.78, 5) is 24.9. The number of amides is 2. The van der Waals surface area contributed by atoms with E-state index in [0.717, 1.165) is 38.5 Å². The Hall–Kier alpha value is -1.89. The van der Waals surface area contributed by atoms with Crippen LogP contribution in [0.5, 0.6) is 0 Å². The lowest BCUT2D eigenvalue weighted by molar-refractivity contribution is -0.128. The van der Waals surface area contributed by atoms with Crippen molar-refractivity contribution >= 4 is 27.3 Å². The fourth-order valence-electron chi connectivity index (χ4n) is 3.59. The van der Waals surface area contributed by atoms with Crippen LogP contribution in [0.2, 0.25) is 0 Å². The summed E-state index contributed by atoms with van der Waals surface area (Å²) in [5.41, 5.74) is 1.86. The zero-order valence-electron chi connectivity index (χ0n) is 15.7. The summed E-state index contributed by atoms with van der Waals surface area (Å²) in [5.74, 6) is -1.65. The highest BCUT2D eigenvalue weighted by Crippen LogP contribution is 2.28. The first-order chi connectivity index (χ1) is 12.9. The Morgan fingerprint density at radius 2 is 1.78 bits per heavy atom. The van der Waals surface area contributed by atoms with Gasteiger partial charge in [0.15, 0.2) is 9.84 Å². The Kier molecular flexibility index (Phi) is 6.19.